The number of hydrogen-bond donors (Lipinski definition) is 0. The van der Waals surface area contributed by atoms with Gasteiger partial charge in [0, 0.05) is 5.69 Å². The van der Waals surface area contributed by atoms with Gasteiger partial charge in [0.05, 0.1) is 0 Å². The number of ether oxygens (including phenoxy) is 1. The number of rotatable bonds is 2. The van der Waals surface area contributed by atoms with Crippen LogP contribution in [0.25, 0.3) is 16.9 Å². The van der Waals surface area contributed by atoms with E-state index in [1.54, 1.807) is 18.4 Å². The smallest absolute Gasteiger partial charge is 0.406 e. The second-order valence-corrected chi connectivity index (χ2v) is 5.13. The van der Waals surface area contributed by atoms with Crippen molar-refractivity contribution in [1.82, 2.24) is 19.5 Å². The Kier molecular flexibility index (Phi) is 3.63. The summed E-state index contributed by atoms with van der Waals surface area (Å²) in [5.41, 5.74) is 1.50. The Morgan fingerprint density at radius 1 is 1.04 bits per heavy atom. The lowest BCUT2D eigenvalue weighted by molar-refractivity contribution is -0.274. The fourth-order valence-corrected chi connectivity index (χ4v) is 2.56. The van der Waals surface area contributed by atoms with Gasteiger partial charge in [-0.1, -0.05) is 11.6 Å². The topological polar surface area (TPSA) is 52.8 Å². The summed E-state index contributed by atoms with van der Waals surface area (Å²) < 4.78 is 42.2. The molecule has 0 radical (unpaired) electrons. The average molecular weight is 343 g/mol. The first kappa shape index (κ1) is 15.5. The molecule has 9 heteroatoms. The molecule has 1 aromatic carbocycles. The lowest BCUT2D eigenvalue weighted by Crippen LogP contribution is -2.17. The van der Waals surface area contributed by atoms with Crippen LogP contribution in [-0.2, 0) is 0 Å². The van der Waals surface area contributed by atoms with E-state index in [9.17, 15) is 13.2 Å². The summed E-state index contributed by atoms with van der Waals surface area (Å²) in [5, 5.41) is 0.226. The fraction of sp³-hybridized carbons (Fsp3) is 0.214. The van der Waals surface area contributed by atoms with Gasteiger partial charge in [0.25, 0.3) is 0 Å². The molecule has 5 nitrogen and oxygen atoms in total. The summed E-state index contributed by atoms with van der Waals surface area (Å²) in [7, 11) is 0. The predicted molar refractivity (Wildman–Crippen MR) is 77.8 cm³/mol. The van der Waals surface area contributed by atoms with Gasteiger partial charge < -0.3 is 4.74 Å². The Bertz CT molecular complexity index is 874. The van der Waals surface area contributed by atoms with E-state index < -0.39 is 6.36 Å². The van der Waals surface area contributed by atoms with E-state index in [4.69, 9.17) is 11.6 Å². The summed E-state index contributed by atoms with van der Waals surface area (Å²) in [5.74, 6) is 0.772. The van der Waals surface area contributed by atoms with Crippen molar-refractivity contribution < 1.29 is 17.9 Å². The van der Waals surface area contributed by atoms with Gasteiger partial charge in [0.15, 0.2) is 10.8 Å². The van der Waals surface area contributed by atoms with Crippen molar-refractivity contribution in [2.75, 3.05) is 0 Å². The first-order valence-electron chi connectivity index (χ1n) is 6.50. The molecule has 0 saturated heterocycles. The summed E-state index contributed by atoms with van der Waals surface area (Å²) in [6, 6.07) is 5.39. The van der Waals surface area contributed by atoms with Crippen LogP contribution in [0.1, 0.15) is 11.6 Å². The number of benzene rings is 1. The normalized spacial score (nSPS) is 11.9. The first-order chi connectivity index (χ1) is 10.7. The minimum absolute atomic E-state index is 0.226. The minimum atomic E-state index is -4.73. The van der Waals surface area contributed by atoms with Gasteiger partial charge in [-0.15, -0.1) is 13.2 Å². The van der Waals surface area contributed by atoms with E-state index in [0.717, 1.165) is 0 Å². The summed E-state index contributed by atoms with van der Waals surface area (Å²) in [4.78, 5) is 12.6. The predicted octanol–water partition coefficient (Wildman–Crippen LogP) is 3.98. The highest BCUT2D eigenvalue weighted by Crippen LogP contribution is 2.28. The zero-order valence-corrected chi connectivity index (χ0v) is 12.8. The standard InChI is InChI=1S/C14H10ClF3N4O/c1-7-19-12(15)11-13(20-7)21-8(2)22(11)9-3-5-10(6-4-9)23-14(16,17)18/h3-6H,1-2H3. The molecular formula is C14H10ClF3N4O. The fourth-order valence-electron chi connectivity index (χ4n) is 2.27. The van der Waals surface area contributed by atoms with Crippen LogP contribution in [0, 0.1) is 13.8 Å². The zero-order valence-electron chi connectivity index (χ0n) is 12.0. The number of imidazole rings is 1. The van der Waals surface area contributed by atoms with E-state index in [-0.39, 0.29) is 10.9 Å². The monoisotopic (exact) mass is 342 g/mol. The summed E-state index contributed by atoms with van der Waals surface area (Å²) >= 11 is 6.16. The van der Waals surface area contributed by atoms with Crippen molar-refractivity contribution in [3.8, 4) is 11.4 Å². The molecule has 0 atom stereocenters. The number of hydrogen-bond acceptors (Lipinski definition) is 4. The number of aryl methyl sites for hydroxylation is 2. The molecule has 0 unspecified atom stereocenters. The lowest BCUT2D eigenvalue weighted by atomic mass is 10.3. The molecular weight excluding hydrogens is 333 g/mol. The van der Waals surface area contributed by atoms with Crippen molar-refractivity contribution in [2.24, 2.45) is 0 Å². The number of aromatic nitrogens is 4. The Hall–Kier alpha value is -2.35. The van der Waals surface area contributed by atoms with Crippen molar-refractivity contribution in [3.05, 3.63) is 41.1 Å². The number of halogens is 4. The van der Waals surface area contributed by atoms with Crippen LogP contribution in [-0.4, -0.2) is 25.9 Å². The number of fused-ring (bicyclic) bond motifs is 1. The van der Waals surface area contributed by atoms with Crippen molar-refractivity contribution in [2.45, 2.75) is 20.2 Å². The van der Waals surface area contributed by atoms with Crippen molar-refractivity contribution in [3.63, 3.8) is 0 Å². The molecule has 2 aromatic heterocycles. The molecule has 0 amide bonds. The molecule has 3 aromatic rings. The molecule has 0 N–H and O–H groups in total. The maximum atomic E-state index is 12.2. The molecule has 23 heavy (non-hydrogen) atoms. The Balaban J connectivity index is 2.08. The second kappa shape index (κ2) is 5.38. The third-order valence-electron chi connectivity index (χ3n) is 3.08. The van der Waals surface area contributed by atoms with Gasteiger partial charge in [-0.25, -0.2) is 15.0 Å². The molecule has 0 fully saturated rings. The molecule has 0 aliphatic heterocycles. The van der Waals surface area contributed by atoms with Gasteiger partial charge >= 0.3 is 6.36 Å². The Morgan fingerprint density at radius 2 is 1.70 bits per heavy atom. The molecule has 120 valence electrons. The van der Waals surface area contributed by atoms with Crippen LogP contribution in [0.3, 0.4) is 0 Å². The summed E-state index contributed by atoms with van der Waals surface area (Å²) in [6.07, 6.45) is -4.73. The highest BCUT2D eigenvalue weighted by molar-refractivity contribution is 6.33. The third kappa shape index (κ3) is 3.07. The molecule has 0 bridgehead atoms. The molecule has 0 aliphatic carbocycles. The van der Waals surface area contributed by atoms with Gasteiger partial charge in [-0.3, -0.25) is 4.57 Å². The molecule has 2 heterocycles. The van der Waals surface area contributed by atoms with Gasteiger partial charge in [0.2, 0.25) is 0 Å². The maximum absolute atomic E-state index is 12.2. The SMILES string of the molecule is Cc1nc(Cl)c2c(n1)nc(C)n2-c1ccc(OC(F)(F)F)cc1. The third-order valence-corrected chi connectivity index (χ3v) is 3.34. The molecule has 3 rings (SSSR count). The minimum Gasteiger partial charge on any atom is -0.406 e. The van der Waals surface area contributed by atoms with Crippen molar-refractivity contribution >= 4 is 22.8 Å². The van der Waals surface area contributed by atoms with E-state index in [2.05, 4.69) is 19.7 Å². The Labute approximate surface area is 133 Å². The van der Waals surface area contributed by atoms with Crippen molar-refractivity contribution in [1.29, 1.82) is 0 Å². The quantitative estimate of drug-likeness (QED) is 0.661. The number of nitrogens with zero attached hydrogens (tertiary/aromatic N) is 4. The van der Waals surface area contributed by atoms with Crippen LogP contribution in [0.4, 0.5) is 13.2 Å². The van der Waals surface area contributed by atoms with Crippen LogP contribution in [0.2, 0.25) is 5.15 Å². The van der Waals surface area contributed by atoms with E-state index in [1.165, 1.54) is 24.3 Å². The number of alkyl halides is 3. The zero-order chi connectivity index (χ0) is 16.8. The van der Waals surface area contributed by atoms with Crippen LogP contribution < -0.4 is 4.74 Å². The first-order valence-corrected chi connectivity index (χ1v) is 6.88. The van der Waals surface area contributed by atoms with Gasteiger partial charge in [0.1, 0.15) is 22.9 Å². The Morgan fingerprint density at radius 3 is 2.30 bits per heavy atom. The van der Waals surface area contributed by atoms with Crippen LogP contribution >= 0.6 is 11.6 Å². The van der Waals surface area contributed by atoms with Crippen LogP contribution in [0.15, 0.2) is 24.3 Å². The largest absolute Gasteiger partial charge is 0.573 e. The van der Waals surface area contributed by atoms with Gasteiger partial charge in [-0.2, -0.15) is 0 Å². The van der Waals surface area contributed by atoms with E-state index in [0.29, 0.717) is 28.5 Å². The highest BCUT2D eigenvalue weighted by atomic mass is 35.5. The summed E-state index contributed by atoms with van der Waals surface area (Å²) in [6.45, 7) is 3.44. The molecule has 0 spiro atoms. The van der Waals surface area contributed by atoms with E-state index >= 15 is 0 Å². The highest BCUT2D eigenvalue weighted by Gasteiger charge is 2.31. The van der Waals surface area contributed by atoms with Crippen LogP contribution in [0.5, 0.6) is 5.75 Å². The maximum Gasteiger partial charge on any atom is 0.573 e. The van der Waals surface area contributed by atoms with E-state index in [1.807, 2.05) is 0 Å². The second-order valence-electron chi connectivity index (χ2n) is 4.77. The molecule has 0 aliphatic rings. The molecule has 0 saturated carbocycles. The lowest BCUT2D eigenvalue weighted by Gasteiger charge is -2.11. The average Bonchev–Trinajstić information content (AvgIpc) is 2.74. The van der Waals surface area contributed by atoms with Gasteiger partial charge in [-0.05, 0) is 38.1 Å².